The van der Waals surface area contributed by atoms with Crippen molar-refractivity contribution >= 4 is 6.01 Å². The molecule has 0 aliphatic rings. The number of nitrogens with two attached hydrogens (primary N) is 1. The van der Waals surface area contributed by atoms with Crippen LogP contribution < -0.4 is 10.5 Å². The first kappa shape index (κ1) is 10.5. The average molecular weight is 218 g/mol. The summed E-state index contributed by atoms with van der Waals surface area (Å²) in [6, 6.07) is 4.17. The molecular formula is C12H14N2O2. The molecule has 84 valence electrons. The number of aromatic nitrogens is 1. The van der Waals surface area contributed by atoms with Gasteiger partial charge in [0.05, 0.1) is 13.3 Å². The van der Waals surface area contributed by atoms with E-state index in [1.54, 1.807) is 13.3 Å². The summed E-state index contributed by atoms with van der Waals surface area (Å²) in [6.45, 7) is 3.99. The Morgan fingerprint density at radius 2 is 1.88 bits per heavy atom. The number of anilines is 1. The monoisotopic (exact) mass is 218 g/mol. The maximum absolute atomic E-state index is 5.45. The highest BCUT2D eigenvalue weighted by atomic mass is 16.5. The zero-order valence-electron chi connectivity index (χ0n) is 9.57. The van der Waals surface area contributed by atoms with Crippen molar-refractivity contribution in [3.63, 3.8) is 0 Å². The molecule has 0 aliphatic carbocycles. The van der Waals surface area contributed by atoms with Gasteiger partial charge in [0.15, 0.2) is 5.76 Å². The molecule has 0 spiro atoms. The van der Waals surface area contributed by atoms with Gasteiger partial charge in [0.2, 0.25) is 0 Å². The summed E-state index contributed by atoms with van der Waals surface area (Å²) in [4.78, 5) is 3.87. The first-order valence-corrected chi connectivity index (χ1v) is 4.98. The maximum Gasteiger partial charge on any atom is 0.292 e. The van der Waals surface area contributed by atoms with E-state index in [0.29, 0.717) is 5.76 Å². The van der Waals surface area contributed by atoms with Gasteiger partial charge in [0.1, 0.15) is 5.75 Å². The largest absolute Gasteiger partial charge is 0.496 e. The average Bonchev–Trinajstić information content (AvgIpc) is 2.64. The number of methoxy groups -OCH3 is 1. The second-order valence-corrected chi connectivity index (χ2v) is 3.71. The summed E-state index contributed by atoms with van der Waals surface area (Å²) in [6.07, 6.45) is 1.62. The molecule has 0 amide bonds. The standard InChI is InChI=1S/C12H14N2O2/c1-7-4-9(5-8(2)11(7)15-3)10-6-14-12(13)16-10/h4-6H,1-3H3,(H2,13,14). The third-order valence-corrected chi connectivity index (χ3v) is 2.47. The fourth-order valence-electron chi connectivity index (χ4n) is 1.84. The van der Waals surface area contributed by atoms with Gasteiger partial charge < -0.3 is 14.9 Å². The molecule has 0 saturated carbocycles. The second kappa shape index (κ2) is 3.89. The molecule has 2 N–H and O–H groups in total. The third kappa shape index (κ3) is 1.74. The normalized spacial score (nSPS) is 10.4. The Hall–Kier alpha value is -1.97. The summed E-state index contributed by atoms with van der Waals surface area (Å²) >= 11 is 0. The molecule has 16 heavy (non-hydrogen) atoms. The van der Waals surface area contributed by atoms with Crippen LogP contribution >= 0.6 is 0 Å². The minimum Gasteiger partial charge on any atom is -0.496 e. The quantitative estimate of drug-likeness (QED) is 0.841. The van der Waals surface area contributed by atoms with Crippen LogP contribution in [0.3, 0.4) is 0 Å². The summed E-state index contributed by atoms with van der Waals surface area (Å²) in [5.74, 6) is 1.57. The van der Waals surface area contributed by atoms with Gasteiger partial charge in [-0.05, 0) is 37.1 Å². The number of benzene rings is 1. The van der Waals surface area contributed by atoms with Gasteiger partial charge in [-0.3, -0.25) is 0 Å². The Balaban J connectivity index is 2.52. The van der Waals surface area contributed by atoms with E-state index in [1.165, 1.54) is 0 Å². The van der Waals surface area contributed by atoms with E-state index in [-0.39, 0.29) is 6.01 Å². The summed E-state index contributed by atoms with van der Waals surface area (Å²) in [5.41, 5.74) is 8.53. The zero-order valence-corrected chi connectivity index (χ0v) is 9.57. The first-order valence-electron chi connectivity index (χ1n) is 4.98. The lowest BCUT2D eigenvalue weighted by molar-refractivity contribution is 0.408. The summed E-state index contributed by atoms with van der Waals surface area (Å²) < 4.78 is 10.6. The predicted molar refractivity (Wildman–Crippen MR) is 62.4 cm³/mol. The minimum atomic E-state index is 0.182. The van der Waals surface area contributed by atoms with E-state index in [2.05, 4.69) is 4.98 Å². The summed E-state index contributed by atoms with van der Waals surface area (Å²) in [5, 5.41) is 0. The van der Waals surface area contributed by atoms with Gasteiger partial charge in [-0.25, -0.2) is 4.98 Å². The van der Waals surface area contributed by atoms with Gasteiger partial charge >= 0.3 is 0 Å². The van der Waals surface area contributed by atoms with Crippen LogP contribution in [0.25, 0.3) is 11.3 Å². The van der Waals surface area contributed by atoms with Crippen LogP contribution in [0.4, 0.5) is 6.01 Å². The number of ether oxygens (including phenoxy) is 1. The molecule has 4 nitrogen and oxygen atoms in total. The predicted octanol–water partition coefficient (Wildman–Crippen LogP) is 2.55. The molecule has 1 heterocycles. The van der Waals surface area contributed by atoms with Gasteiger partial charge in [-0.15, -0.1) is 0 Å². The van der Waals surface area contributed by atoms with Crippen LogP contribution in [-0.4, -0.2) is 12.1 Å². The molecule has 0 fully saturated rings. The van der Waals surface area contributed by atoms with Crippen LogP contribution in [0, 0.1) is 13.8 Å². The molecule has 0 unspecified atom stereocenters. The Kier molecular flexibility index (Phi) is 2.56. The van der Waals surface area contributed by atoms with E-state index >= 15 is 0 Å². The molecule has 0 radical (unpaired) electrons. The van der Waals surface area contributed by atoms with Crippen molar-refractivity contribution in [3.05, 3.63) is 29.5 Å². The highest BCUT2D eigenvalue weighted by Crippen LogP contribution is 2.30. The van der Waals surface area contributed by atoms with Gasteiger partial charge in [0.25, 0.3) is 6.01 Å². The Bertz CT molecular complexity index is 494. The lowest BCUT2D eigenvalue weighted by Gasteiger charge is -2.09. The number of aryl methyl sites for hydroxylation is 2. The molecule has 2 aromatic rings. The van der Waals surface area contributed by atoms with Crippen LogP contribution in [0.1, 0.15) is 11.1 Å². The lowest BCUT2D eigenvalue weighted by Crippen LogP contribution is -1.91. The Morgan fingerprint density at radius 1 is 1.25 bits per heavy atom. The molecule has 0 atom stereocenters. The van der Waals surface area contributed by atoms with Gasteiger partial charge in [-0.1, -0.05) is 0 Å². The van der Waals surface area contributed by atoms with E-state index in [1.807, 2.05) is 26.0 Å². The van der Waals surface area contributed by atoms with Crippen LogP contribution in [0.2, 0.25) is 0 Å². The first-order chi connectivity index (χ1) is 7.61. The van der Waals surface area contributed by atoms with Crippen LogP contribution in [-0.2, 0) is 0 Å². The van der Waals surface area contributed by atoms with Crippen molar-refractivity contribution in [1.29, 1.82) is 0 Å². The smallest absolute Gasteiger partial charge is 0.292 e. The summed E-state index contributed by atoms with van der Waals surface area (Å²) in [7, 11) is 1.67. The van der Waals surface area contributed by atoms with Gasteiger partial charge in [-0.2, -0.15) is 0 Å². The van der Waals surface area contributed by atoms with Crippen molar-refractivity contribution in [2.24, 2.45) is 0 Å². The third-order valence-electron chi connectivity index (χ3n) is 2.47. The van der Waals surface area contributed by atoms with E-state index in [4.69, 9.17) is 14.9 Å². The SMILES string of the molecule is COc1c(C)cc(-c2cnc(N)o2)cc1C. The maximum atomic E-state index is 5.45. The van der Waals surface area contributed by atoms with Crippen molar-refractivity contribution < 1.29 is 9.15 Å². The van der Waals surface area contributed by atoms with Crippen molar-refractivity contribution in [2.45, 2.75) is 13.8 Å². The van der Waals surface area contributed by atoms with Crippen LogP contribution in [0.15, 0.2) is 22.7 Å². The minimum absolute atomic E-state index is 0.182. The molecular weight excluding hydrogens is 204 g/mol. The second-order valence-electron chi connectivity index (χ2n) is 3.71. The Morgan fingerprint density at radius 3 is 2.31 bits per heavy atom. The number of nitrogens with zero attached hydrogens (tertiary/aromatic N) is 1. The molecule has 2 rings (SSSR count). The van der Waals surface area contributed by atoms with Crippen molar-refractivity contribution in [2.75, 3.05) is 12.8 Å². The molecule has 1 aromatic carbocycles. The number of hydrogen-bond acceptors (Lipinski definition) is 4. The number of rotatable bonds is 2. The highest BCUT2D eigenvalue weighted by Gasteiger charge is 2.09. The number of nitrogen functional groups attached to an aromatic ring is 1. The highest BCUT2D eigenvalue weighted by molar-refractivity contribution is 5.62. The molecule has 4 heteroatoms. The molecule has 0 aliphatic heterocycles. The number of oxazole rings is 1. The lowest BCUT2D eigenvalue weighted by atomic mass is 10.0. The molecule has 0 saturated heterocycles. The van der Waals surface area contributed by atoms with Crippen LogP contribution in [0.5, 0.6) is 5.75 Å². The van der Waals surface area contributed by atoms with E-state index in [0.717, 1.165) is 22.4 Å². The van der Waals surface area contributed by atoms with E-state index in [9.17, 15) is 0 Å². The van der Waals surface area contributed by atoms with Gasteiger partial charge in [0, 0.05) is 5.56 Å². The zero-order chi connectivity index (χ0) is 11.7. The molecule has 0 bridgehead atoms. The van der Waals surface area contributed by atoms with Crippen molar-refractivity contribution in [1.82, 2.24) is 4.98 Å². The fourth-order valence-corrected chi connectivity index (χ4v) is 1.84. The topological polar surface area (TPSA) is 61.3 Å². The fraction of sp³-hybridized carbons (Fsp3) is 0.250. The van der Waals surface area contributed by atoms with Crippen molar-refractivity contribution in [3.8, 4) is 17.1 Å². The molecule has 1 aromatic heterocycles. The van der Waals surface area contributed by atoms with E-state index < -0.39 is 0 Å². The Labute approximate surface area is 94.1 Å². The number of hydrogen-bond donors (Lipinski definition) is 1.